The van der Waals surface area contributed by atoms with Gasteiger partial charge < -0.3 is 14.2 Å². The van der Waals surface area contributed by atoms with Gasteiger partial charge in [0.15, 0.2) is 5.75 Å². The molecule has 0 atom stereocenters. The van der Waals surface area contributed by atoms with Gasteiger partial charge in [0.2, 0.25) is 0 Å². The van der Waals surface area contributed by atoms with E-state index in [-0.39, 0.29) is 10.8 Å². The van der Waals surface area contributed by atoms with Gasteiger partial charge in [-0.1, -0.05) is 41.5 Å². The van der Waals surface area contributed by atoms with E-state index in [2.05, 4.69) is 47.6 Å². The fraction of sp³-hybridized carbons (Fsp3) is 0.706. The van der Waals surface area contributed by atoms with Gasteiger partial charge in [0, 0.05) is 12.5 Å². The minimum Gasteiger partial charge on any atom is -0.486 e. The van der Waals surface area contributed by atoms with Crippen molar-refractivity contribution in [3.8, 4) is 11.6 Å². The van der Waals surface area contributed by atoms with E-state index in [1.165, 1.54) is 5.56 Å². The maximum Gasteiger partial charge on any atom is 0.257 e. The van der Waals surface area contributed by atoms with E-state index < -0.39 is 0 Å². The van der Waals surface area contributed by atoms with Crippen LogP contribution in [0.25, 0.3) is 0 Å². The summed E-state index contributed by atoms with van der Waals surface area (Å²) in [5.41, 5.74) is 2.16. The molecule has 4 heteroatoms. The summed E-state index contributed by atoms with van der Waals surface area (Å²) >= 11 is 0. The molecule has 21 heavy (non-hydrogen) atoms. The molecule has 0 N–H and O–H groups in total. The highest BCUT2D eigenvalue weighted by Gasteiger charge is 2.29. The maximum atomic E-state index is 5.76. The number of rotatable bonds is 5. The molecule has 0 saturated heterocycles. The first-order chi connectivity index (χ1) is 9.61. The quantitative estimate of drug-likeness (QED) is 0.776. The molecule has 0 aliphatic rings. The molecule has 0 aliphatic carbocycles. The molecular weight excluding hydrogens is 266 g/mol. The summed E-state index contributed by atoms with van der Waals surface area (Å²) in [5, 5.41) is 0. The Labute approximate surface area is 128 Å². The average Bonchev–Trinajstić information content (AvgIpc) is 2.36. The molecule has 0 spiro atoms. The molecule has 0 radical (unpaired) electrons. The summed E-state index contributed by atoms with van der Waals surface area (Å²) in [6.07, 6.45) is 0. The number of pyridine rings is 1. The van der Waals surface area contributed by atoms with Gasteiger partial charge in [-0.05, 0) is 17.0 Å². The number of aromatic nitrogens is 1. The van der Waals surface area contributed by atoms with Crippen LogP contribution in [0.1, 0.15) is 52.8 Å². The lowest BCUT2D eigenvalue weighted by Gasteiger charge is -2.30. The van der Waals surface area contributed by atoms with Gasteiger partial charge in [-0.2, -0.15) is 0 Å². The molecule has 0 amide bonds. The highest BCUT2D eigenvalue weighted by atomic mass is 16.5. The molecule has 0 unspecified atom stereocenters. The number of hydrogen-bond acceptors (Lipinski definition) is 4. The van der Waals surface area contributed by atoms with Gasteiger partial charge in [-0.25, -0.2) is 4.98 Å². The monoisotopic (exact) mass is 295 g/mol. The van der Waals surface area contributed by atoms with Crippen LogP contribution in [-0.2, 0) is 15.6 Å². The van der Waals surface area contributed by atoms with Crippen LogP contribution in [0, 0.1) is 0 Å². The van der Waals surface area contributed by atoms with Crippen molar-refractivity contribution in [2.45, 2.75) is 52.4 Å². The van der Waals surface area contributed by atoms with Gasteiger partial charge >= 0.3 is 0 Å². The SMILES string of the molecule is COCCOc1cc(C(C)(C)C)c(C(C)(C)C)nc1OC. The lowest BCUT2D eigenvalue weighted by molar-refractivity contribution is 0.143. The first kappa shape index (κ1) is 17.8. The van der Waals surface area contributed by atoms with E-state index in [1.54, 1.807) is 14.2 Å². The summed E-state index contributed by atoms with van der Waals surface area (Å²) < 4.78 is 16.2. The highest BCUT2D eigenvalue weighted by Crippen LogP contribution is 2.38. The minimum atomic E-state index is -0.0546. The second-order valence-electron chi connectivity index (χ2n) is 7.23. The Morgan fingerprint density at radius 3 is 2.00 bits per heavy atom. The van der Waals surface area contributed by atoms with Crippen LogP contribution in [0.15, 0.2) is 6.07 Å². The standard InChI is InChI=1S/C17H29NO3/c1-16(2,3)12-11-13(21-10-9-19-7)15(20-8)18-14(12)17(4,5)6/h11H,9-10H2,1-8H3. The largest absolute Gasteiger partial charge is 0.486 e. The molecule has 0 aromatic carbocycles. The third kappa shape index (κ3) is 4.60. The molecular formula is C17H29NO3. The number of nitrogens with zero attached hydrogens (tertiary/aromatic N) is 1. The first-order valence-corrected chi connectivity index (χ1v) is 7.33. The number of hydrogen-bond donors (Lipinski definition) is 0. The fourth-order valence-electron chi connectivity index (χ4n) is 2.11. The molecule has 1 aromatic heterocycles. The van der Waals surface area contributed by atoms with E-state index >= 15 is 0 Å². The number of ether oxygens (including phenoxy) is 3. The maximum absolute atomic E-state index is 5.76. The summed E-state index contributed by atoms with van der Waals surface area (Å²) in [6.45, 7) is 14.1. The average molecular weight is 295 g/mol. The van der Waals surface area contributed by atoms with Crippen molar-refractivity contribution in [2.24, 2.45) is 0 Å². The molecule has 1 aromatic rings. The van der Waals surface area contributed by atoms with Crippen LogP contribution >= 0.6 is 0 Å². The van der Waals surface area contributed by atoms with Crippen LogP contribution in [0.3, 0.4) is 0 Å². The zero-order chi connectivity index (χ0) is 16.3. The van der Waals surface area contributed by atoms with Gasteiger partial charge in [0.1, 0.15) is 6.61 Å². The highest BCUT2D eigenvalue weighted by molar-refractivity contribution is 5.44. The fourth-order valence-corrected chi connectivity index (χ4v) is 2.11. The van der Waals surface area contributed by atoms with Gasteiger partial charge in [0.05, 0.1) is 19.4 Å². The van der Waals surface area contributed by atoms with E-state index in [9.17, 15) is 0 Å². The molecule has 0 fully saturated rings. The topological polar surface area (TPSA) is 40.6 Å². The Hall–Kier alpha value is -1.29. The van der Waals surface area contributed by atoms with E-state index in [1.807, 2.05) is 0 Å². The zero-order valence-electron chi connectivity index (χ0n) is 14.7. The summed E-state index contributed by atoms with van der Waals surface area (Å²) in [7, 11) is 3.27. The Morgan fingerprint density at radius 2 is 1.57 bits per heavy atom. The Kier molecular flexibility index (Phi) is 5.62. The summed E-state index contributed by atoms with van der Waals surface area (Å²) in [5.74, 6) is 1.21. The lowest BCUT2D eigenvalue weighted by atomic mass is 9.78. The first-order valence-electron chi connectivity index (χ1n) is 7.33. The molecule has 1 rings (SSSR count). The Bertz CT molecular complexity index is 470. The Morgan fingerprint density at radius 1 is 0.952 bits per heavy atom. The van der Waals surface area contributed by atoms with Crippen molar-refractivity contribution in [2.75, 3.05) is 27.4 Å². The van der Waals surface area contributed by atoms with Crippen molar-refractivity contribution in [1.82, 2.24) is 4.98 Å². The van der Waals surface area contributed by atoms with Crippen LogP contribution in [-0.4, -0.2) is 32.4 Å². The molecule has 0 aliphatic heterocycles. The Balaban J connectivity index is 3.35. The second-order valence-corrected chi connectivity index (χ2v) is 7.23. The van der Waals surface area contributed by atoms with Crippen LogP contribution in [0.2, 0.25) is 0 Å². The molecule has 120 valence electrons. The molecule has 0 bridgehead atoms. The normalized spacial score (nSPS) is 12.4. The minimum absolute atomic E-state index is 0.0126. The lowest BCUT2D eigenvalue weighted by Crippen LogP contribution is -2.24. The second kappa shape index (κ2) is 6.65. The van der Waals surface area contributed by atoms with Crippen LogP contribution in [0.5, 0.6) is 11.6 Å². The third-order valence-electron chi connectivity index (χ3n) is 3.21. The van der Waals surface area contributed by atoms with Gasteiger partial charge in [-0.3, -0.25) is 0 Å². The van der Waals surface area contributed by atoms with Crippen molar-refractivity contribution in [1.29, 1.82) is 0 Å². The zero-order valence-corrected chi connectivity index (χ0v) is 14.7. The van der Waals surface area contributed by atoms with E-state index in [0.29, 0.717) is 24.8 Å². The molecule has 0 saturated carbocycles. The van der Waals surface area contributed by atoms with Gasteiger partial charge in [0.25, 0.3) is 5.88 Å². The van der Waals surface area contributed by atoms with Crippen molar-refractivity contribution in [3.63, 3.8) is 0 Å². The smallest absolute Gasteiger partial charge is 0.257 e. The van der Waals surface area contributed by atoms with Crippen molar-refractivity contribution in [3.05, 3.63) is 17.3 Å². The summed E-state index contributed by atoms with van der Waals surface area (Å²) in [4.78, 5) is 4.72. The van der Waals surface area contributed by atoms with Crippen LogP contribution < -0.4 is 9.47 Å². The van der Waals surface area contributed by atoms with Crippen molar-refractivity contribution < 1.29 is 14.2 Å². The predicted octanol–water partition coefficient (Wildman–Crippen LogP) is 3.71. The molecule has 1 heterocycles. The van der Waals surface area contributed by atoms with Crippen LogP contribution in [0.4, 0.5) is 0 Å². The third-order valence-corrected chi connectivity index (χ3v) is 3.21. The van der Waals surface area contributed by atoms with Crippen molar-refractivity contribution >= 4 is 0 Å². The van der Waals surface area contributed by atoms with E-state index in [4.69, 9.17) is 19.2 Å². The molecule has 4 nitrogen and oxygen atoms in total. The van der Waals surface area contributed by atoms with E-state index in [0.717, 1.165) is 5.69 Å². The van der Waals surface area contributed by atoms with Gasteiger partial charge in [-0.15, -0.1) is 0 Å². The predicted molar refractivity (Wildman–Crippen MR) is 85.6 cm³/mol. The summed E-state index contributed by atoms with van der Waals surface area (Å²) in [6, 6.07) is 2.06. The number of methoxy groups -OCH3 is 2.